The van der Waals surface area contributed by atoms with E-state index in [0.29, 0.717) is 0 Å². The summed E-state index contributed by atoms with van der Waals surface area (Å²) in [5.74, 6) is 0. The van der Waals surface area contributed by atoms with Crippen LogP contribution >= 0.6 is 0 Å². The number of unbranched alkanes of at least 4 members (excludes halogenated alkanes) is 12. The topological polar surface area (TPSA) is 52.0 Å². The first-order valence-electron chi connectivity index (χ1n) is 17.8. The van der Waals surface area contributed by atoms with Gasteiger partial charge in [0.25, 0.3) is 0 Å². The van der Waals surface area contributed by atoms with E-state index in [0.717, 1.165) is 24.2 Å². The highest BCUT2D eigenvalue weighted by atomic mass is 14.5. The summed E-state index contributed by atoms with van der Waals surface area (Å²) in [7, 11) is 0. The molecule has 2 heteroatoms. The number of benzene rings is 4. The lowest BCUT2D eigenvalue weighted by atomic mass is 9.96. The molecule has 0 spiro atoms. The molecule has 0 aliphatic rings. The molecule has 2 nitrogen and oxygen atoms in total. The van der Waals surface area contributed by atoms with Gasteiger partial charge in [0.2, 0.25) is 0 Å². The van der Waals surface area contributed by atoms with Crippen LogP contribution in [0.4, 0.5) is 11.4 Å². The van der Waals surface area contributed by atoms with Crippen LogP contribution in [0.3, 0.4) is 0 Å². The van der Waals surface area contributed by atoms with Crippen molar-refractivity contribution < 1.29 is 0 Å². The first kappa shape index (κ1) is 34.4. The molecular formula is C43H58N2. The fraction of sp³-hybridized carbons (Fsp3) is 0.442. The Labute approximate surface area is 274 Å². The van der Waals surface area contributed by atoms with Crippen molar-refractivity contribution in [1.29, 1.82) is 0 Å². The smallest absolute Gasteiger partial charge is 0.0314 e. The maximum absolute atomic E-state index is 5.83. The molecule has 0 radical (unpaired) electrons. The summed E-state index contributed by atoms with van der Waals surface area (Å²) in [6.07, 6.45) is 22.4. The van der Waals surface area contributed by atoms with Crippen LogP contribution < -0.4 is 11.5 Å². The van der Waals surface area contributed by atoms with Crippen molar-refractivity contribution in [2.75, 3.05) is 11.5 Å². The van der Waals surface area contributed by atoms with Gasteiger partial charge in [-0.15, -0.1) is 0 Å². The molecule has 0 heterocycles. The maximum Gasteiger partial charge on any atom is 0.0314 e. The van der Waals surface area contributed by atoms with E-state index in [1.165, 1.54) is 141 Å². The van der Waals surface area contributed by atoms with Gasteiger partial charge >= 0.3 is 0 Å². The summed E-state index contributed by atoms with van der Waals surface area (Å²) in [6.45, 7) is 4.51. The largest absolute Gasteiger partial charge is 0.399 e. The highest BCUT2D eigenvalue weighted by molar-refractivity contribution is 5.43. The molecule has 4 N–H and O–H groups in total. The molecule has 0 fully saturated rings. The first-order valence-corrected chi connectivity index (χ1v) is 17.8. The zero-order valence-corrected chi connectivity index (χ0v) is 28.3. The Morgan fingerprint density at radius 3 is 0.956 bits per heavy atom. The molecule has 0 saturated heterocycles. The van der Waals surface area contributed by atoms with Gasteiger partial charge in [0.05, 0.1) is 0 Å². The summed E-state index contributed by atoms with van der Waals surface area (Å²) in [5.41, 5.74) is 24.6. The zero-order valence-electron chi connectivity index (χ0n) is 28.3. The number of hydrogen-bond acceptors (Lipinski definition) is 2. The molecule has 0 aliphatic heterocycles. The highest BCUT2D eigenvalue weighted by Gasteiger charge is 2.05. The van der Waals surface area contributed by atoms with E-state index in [4.69, 9.17) is 11.5 Å². The van der Waals surface area contributed by atoms with Gasteiger partial charge in [-0.1, -0.05) is 131 Å². The minimum absolute atomic E-state index is 0.833. The van der Waals surface area contributed by atoms with Gasteiger partial charge in [-0.25, -0.2) is 0 Å². The summed E-state index contributed by atoms with van der Waals surface area (Å²) in [4.78, 5) is 0. The SMILES string of the molecule is Cc1cc(CCCCCCCCCCCCCCCc2ccc(Cc3ccc(N)cc3)c(C)c2)ccc1Cc1ccc(N)cc1. The van der Waals surface area contributed by atoms with Gasteiger partial charge in [0, 0.05) is 11.4 Å². The lowest BCUT2D eigenvalue weighted by Gasteiger charge is -2.10. The van der Waals surface area contributed by atoms with Crippen molar-refractivity contribution in [2.24, 2.45) is 0 Å². The van der Waals surface area contributed by atoms with Gasteiger partial charge < -0.3 is 11.5 Å². The van der Waals surface area contributed by atoms with Crippen LogP contribution in [0, 0.1) is 13.8 Å². The van der Waals surface area contributed by atoms with E-state index in [1.54, 1.807) is 0 Å². The molecule has 4 rings (SSSR count). The van der Waals surface area contributed by atoms with Gasteiger partial charge in [-0.05, 0) is 121 Å². The minimum atomic E-state index is 0.833. The molecule has 0 unspecified atom stereocenters. The summed E-state index contributed by atoms with van der Waals surface area (Å²) >= 11 is 0. The molecule has 0 bridgehead atoms. The van der Waals surface area contributed by atoms with E-state index in [9.17, 15) is 0 Å². The third-order valence-electron chi connectivity index (χ3n) is 9.49. The molecule has 240 valence electrons. The average molecular weight is 603 g/mol. The molecular weight excluding hydrogens is 544 g/mol. The Balaban J connectivity index is 0.946. The van der Waals surface area contributed by atoms with Crippen LogP contribution in [0.5, 0.6) is 0 Å². The van der Waals surface area contributed by atoms with Crippen LogP contribution in [-0.2, 0) is 25.7 Å². The number of rotatable bonds is 20. The fourth-order valence-corrected chi connectivity index (χ4v) is 6.54. The van der Waals surface area contributed by atoms with E-state index >= 15 is 0 Å². The van der Waals surface area contributed by atoms with Crippen molar-refractivity contribution in [3.05, 3.63) is 129 Å². The molecule has 0 aliphatic carbocycles. The Morgan fingerprint density at radius 1 is 0.356 bits per heavy atom. The molecule has 0 amide bonds. The first-order chi connectivity index (χ1) is 22.0. The standard InChI is InChI=1S/C43H58N2/c1-34-30-36(18-24-40(34)32-38-20-26-42(44)27-21-38)16-14-12-10-8-6-4-3-5-7-9-11-13-15-17-37-19-25-41(35(2)31-37)33-39-22-28-43(45)29-23-39/h18-31H,3-17,32-33,44-45H2,1-2H3. The Bertz CT molecular complexity index is 1290. The second-order valence-electron chi connectivity index (χ2n) is 13.5. The summed E-state index contributed by atoms with van der Waals surface area (Å²) in [6, 6.07) is 30.7. The number of nitrogens with two attached hydrogens (primary N) is 2. The maximum atomic E-state index is 5.83. The Kier molecular flexibility index (Phi) is 14.6. The molecule has 45 heavy (non-hydrogen) atoms. The molecule has 0 aromatic heterocycles. The lowest BCUT2D eigenvalue weighted by molar-refractivity contribution is 0.536. The summed E-state index contributed by atoms with van der Waals surface area (Å²) < 4.78 is 0. The van der Waals surface area contributed by atoms with Gasteiger partial charge in [0.1, 0.15) is 0 Å². The minimum Gasteiger partial charge on any atom is -0.399 e. The van der Waals surface area contributed by atoms with E-state index < -0.39 is 0 Å². The van der Waals surface area contributed by atoms with Gasteiger partial charge in [-0.3, -0.25) is 0 Å². The van der Waals surface area contributed by atoms with E-state index in [1.807, 2.05) is 24.3 Å². The van der Waals surface area contributed by atoms with Gasteiger partial charge in [0.15, 0.2) is 0 Å². The van der Waals surface area contributed by atoms with Crippen LogP contribution in [0.15, 0.2) is 84.9 Å². The Hall–Kier alpha value is -3.52. The van der Waals surface area contributed by atoms with Crippen LogP contribution in [0.1, 0.15) is 128 Å². The quantitative estimate of drug-likeness (QED) is 0.0781. The summed E-state index contributed by atoms with van der Waals surface area (Å²) in [5, 5.41) is 0. The van der Waals surface area contributed by atoms with Gasteiger partial charge in [-0.2, -0.15) is 0 Å². The van der Waals surface area contributed by atoms with Crippen LogP contribution in [-0.4, -0.2) is 0 Å². The van der Waals surface area contributed by atoms with Crippen LogP contribution in [0.2, 0.25) is 0 Å². The highest BCUT2D eigenvalue weighted by Crippen LogP contribution is 2.21. The molecule has 4 aromatic carbocycles. The molecule has 4 aromatic rings. The van der Waals surface area contributed by atoms with Crippen molar-refractivity contribution in [3.8, 4) is 0 Å². The van der Waals surface area contributed by atoms with E-state index in [2.05, 4.69) is 74.5 Å². The molecule has 0 saturated carbocycles. The second kappa shape index (κ2) is 19.1. The Morgan fingerprint density at radius 2 is 0.644 bits per heavy atom. The fourth-order valence-electron chi connectivity index (χ4n) is 6.54. The normalized spacial score (nSPS) is 11.2. The average Bonchev–Trinajstić information content (AvgIpc) is 3.03. The van der Waals surface area contributed by atoms with Crippen molar-refractivity contribution in [3.63, 3.8) is 0 Å². The predicted octanol–water partition coefficient (Wildman–Crippen LogP) is 11.5. The third-order valence-corrected chi connectivity index (χ3v) is 9.49. The third kappa shape index (κ3) is 12.8. The van der Waals surface area contributed by atoms with Crippen LogP contribution in [0.25, 0.3) is 0 Å². The van der Waals surface area contributed by atoms with Crippen molar-refractivity contribution in [2.45, 2.75) is 123 Å². The monoisotopic (exact) mass is 602 g/mol. The van der Waals surface area contributed by atoms with Crippen molar-refractivity contribution >= 4 is 11.4 Å². The predicted molar refractivity (Wildman–Crippen MR) is 197 cm³/mol. The molecule has 0 atom stereocenters. The number of aryl methyl sites for hydroxylation is 4. The number of anilines is 2. The lowest BCUT2D eigenvalue weighted by Crippen LogP contribution is -1.95. The number of hydrogen-bond donors (Lipinski definition) is 2. The van der Waals surface area contributed by atoms with Crippen molar-refractivity contribution in [1.82, 2.24) is 0 Å². The zero-order chi connectivity index (χ0) is 31.7. The van der Waals surface area contributed by atoms with E-state index in [-0.39, 0.29) is 0 Å². The second-order valence-corrected chi connectivity index (χ2v) is 13.5. The number of nitrogen functional groups attached to an aromatic ring is 2.